The van der Waals surface area contributed by atoms with Crippen molar-refractivity contribution in [3.63, 3.8) is 0 Å². The summed E-state index contributed by atoms with van der Waals surface area (Å²) in [7, 11) is 0. The van der Waals surface area contributed by atoms with Gasteiger partial charge in [0.05, 0.1) is 0 Å². The zero-order valence-electron chi connectivity index (χ0n) is 11.7. The Balaban J connectivity index is 1.82. The second kappa shape index (κ2) is 6.60. The molecule has 1 amide bonds. The zero-order chi connectivity index (χ0) is 15.2. The number of benzene rings is 1. The van der Waals surface area contributed by atoms with Crippen LogP contribution in [0.25, 0.3) is 0 Å². The molecule has 8 nitrogen and oxygen atoms in total. The molecule has 0 spiro atoms. The van der Waals surface area contributed by atoms with E-state index >= 15 is 0 Å². The van der Waals surface area contributed by atoms with Crippen molar-refractivity contribution < 1.29 is 14.3 Å². The first kappa shape index (κ1) is 14.6. The van der Waals surface area contributed by atoms with Crippen LogP contribution in [0.15, 0.2) is 24.5 Å². The zero-order valence-corrected chi connectivity index (χ0v) is 11.7. The van der Waals surface area contributed by atoms with Crippen LogP contribution < -0.4 is 5.32 Å². The number of carbonyl (C=O) groups is 2. The quantitative estimate of drug-likeness (QED) is 0.803. The third kappa shape index (κ3) is 4.10. The van der Waals surface area contributed by atoms with E-state index in [1.165, 1.54) is 11.0 Å². The average Bonchev–Trinajstić information content (AvgIpc) is 2.94. The fourth-order valence-electron chi connectivity index (χ4n) is 1.65. The number of hydrogen-bond donors (Lipinski definition) is 1. The number of nitrogens with zero attached hydrogens (tertiary/aromatic N) is 4. The molecule has 0 aliphatic heterocycles. The Bertz CT molecular complexity index is 639. The van der Waals surface area contributed by atoms with Crippen LogP contribution in [0, 0.1) is 13.8 Å². The molecule has 0 aliphatic carbocycles. The average molecular weight is 289 g/mol. The van der Waals surface area contributed by atoms with Crippen LogP contribution in [0.2, 0.25) is 0 Å². The molecule has 2 aromatic rings. The lowest BCUT2D eigenvalue weighted by Gasteiger charge is -2.10. The molecule has 2 rings (SSSR count). The number of hydrogen-bond acceptors (Lipinski definition) is 6. The highest BCUT2D eigenvalue weighted by Crippen LogP contribution is 2.17. The van der Waals surface area contributed by atoms with Crippen molar-refractivity contribution in [2.24, 2.45) is 0 Å². The van der Waals surface area contributed by atoms with E-state index in [1.54, 1.807) is 6.07 Å². The van der Waals surface area contributed by atoms with E-state index in [4.69, 9.17) is 4.74 Å². The lowest BCUT2D eigenvalue weighted by Crippen LogP contribution is -2.23. The van der Waals surface area contributed by atoms with Gasteiger partial charge in [-0.15, -0.1) is 5.10 Å². The van der Waals surface area contributed by atoms with Crippen molar-refractivity contribution in [2.75, 3.05) is 11.9 Å². The summed E-state index contributed by atoms with van der Waals surface area (Å²) in [6.07, 6.45) is 1.29. The predicted molar refractivity (Wildman–Crippen MR) is 73.3 cm³/mol. The van der Waals surface area contributed by atoms with Gasteiger partial charge in [0.2, 0.25) is 0 Å². The highest BCUT2D eigenvalue weighted by atomic mass is 16.5. The molecule has 21 heavy (non-hydrogen) atoms. The molecular weight excluding hydrogens is 274 g/mol. The maximum absolute atomic E-state index is 11.7. The lowest BCUT2D eigenvalue weighted by atomic mass is 10.1. The van der Waals surface area contributed by atoms with Crippen molar-refractivity contribution in [1.29, 1.82) is 0 Å². The molecular formula is C13H15N5O3. The molecule has 0 bridgehead atoms. The van der Waals surface area contributed by atoms with Gasteiger partial charge in [-0.25, -0.2) is 4.68 Å². The molecule has 0 fully saturated rings. The van der Waals surface area contributed by atoms with Gasteiger partial charge >= 0.3 is 5.97 Å². The van der Waals surface area contributed by atoms with Gasteiger partial charge in [-0.2, -0.15) is 0 Å². The number of nitrogens with one attached hydrogen (secondary N) is 1. The summed E-state index contributed by atoms with van der Waals surface area (Å²) in [4.78, 5) is 23.2. The molecule has 0 radical (unpaired) electrons. The molecule has 1 heterocycles. The molecule has 0 unspecified atom stereocenters. The van der Waals surface area contributed by atoms with Gasteiger partial charge in [0.25, 0.3) is 5.91 Å². The standard InChI is InChI=1S/C13H15N5O3/c1-9-4-3-5-11(10(9)2)15-12(19)7-21-13(20)6-18-8-14-16-17-18/h3-5,8H,6-7H2,1-2H3,(H,15,19). The summed E-state index contributed by atoms with van der Waals surface area (Å²) in [6, 6.07) is 5.60. The van der Waals surface area contributed by atoms with Gasteiger partial charge in [0.15, 0.2) is 6.61 Å². The summed E-state index contributed by atoms with van der Waals surface area (Å²) in [6.45, 7) is 3.38. The summed E-state index contributed by atoms with van der Waals surface area (Å²) in [5, 5.41) is 13.0. The first-order valence-electron chi connectivity index (χ1n) is 6.28. The molecule has 8 heteroatoms. The van der Waals surface area contributed by atoms with E-state index < -0.39 is 11.9 Å². The van der Waals surface area contributed by atoms with Crippen LogP contribution >= 0.6 is 0 Å². The number of aromatic nitrogens is 4. The molecule has 1 N–H and O–H groups in total. The van der Waals surface area contributed by atoms with Crippen LogP contribution in [-0.2, 0) is 20.9 Å². The Morgan fingerprint density at radius 2 is 2.14 bits per heavy atom. The second-order valence-corrected chi connectivity index (χ2v) is 4.46. The van der Waals surface area contributed by atoms with Gasteiger partial charge < -0.3 is 10.1 Å². The Morgan fingerprint density at radius 3 is 2.86 bits per heavy atom. The minimum absolute atomic E-state index is 0.135. The number of rotatable bonds is 5. The fraction of sp³-hybridized carbons (Fsp3) is 0.308. The Kier molecular flexibility index (Phi) is 4.60. The van der Waals surface area contributed by atoms with Crippen LogP contribution in [0.5, 0.6) is 0 Å². The maximum atomic E-state index is 11.7. The van der Waals surface area contributed by atoms with Gasteiger partial charge in [0, 0.05) is 5.69 Å². The molecule has 1 aromatic heterocycles. The second-order valence-electron chi connectivity index (χ2n) is 4.46. The lowest BCUT2D eigenvalue weighted by molar-refractivity contribution is -0.148. The number of aryl methyl sites for hydroxylation is 1. The summed E-state index contributed by atoms with van der Waals surface area (Å²) < 4.78 is 6.07. The molecule has 0 saturated carbocycles. The number of carbonyl (C=O) groups excluding carboxylic acids is 2. The summed E-state index contributed by atoms with van der Waals surface area (Å²) in [5.41, 5.74) is 2.76. The van der Waals surface area contributed by atoms with E-state index in [-0.39, 0.29) is 13.2 Å². The van der Waals surface area contributed by atoms with Crippen molar-refractivity contribution in [1.82, 2.24) is 20.2 Å². The highest BCUT2D eigenvalue weighted by molar-refractivity contribution is 5.93. The van der Waals surface area contributed by atoms with E-state index in [2.05, 4.69) is 20.8 Å². The topological polar surface area (TPSA) is 99.0 Å². The van der Waals surface area contributed by atoms with E-state index in [0.29, 0.717) is 5.69 Å². The minimum Gasteiger partial charge on any atom is -0.454 e. The summed E-state index contributed by atoms with van der Waals surface area (Å²) >= 11 is 0. The monoisotopic (exact) mass is 289 g/mol. The van der Waals surface area contributed by atoms with Gasteiger partial charge in [-0.05, 0) is 41.5 Å². The molecule has 1 aromatic carbocycles. The van der Waals surface area contributed by atoms with Crippen LogP contribution in [-0.4, -0.2) is 38.7 Å². The van der Waals surface area contributed by atoms with Crippen molar-refractivity contribution in [3.8, 4) is 0 Å². The molecule has 0 aliphatic rings. The molecule has 0 atom stereocenters. The third-order valence-corrected chi connectivity index (χ3v) is 2.93. The normalized spacial score (nSPS) is 10.2. The third-order valence-electron chi connectivity index (χ3n) is 2.93. The van der Waals surface area contributed by atoms with E-state index in [9.17, 15) is 9.59 Å². The molecule has 110 valence electrons. The van der Waals surface area contributed by atoms with Crippen molar-refractivity contribution >= 4 is 17.6 Å². The number of ether oxygens (including phenoxy) is 1. The number of tetrazole rings is 1. The first-order chi connectivity index (χ1) is 10.1. The van der Waals surface area contributed by atoms with Crippen LogP contribution in [0.4, 0.5) is 5.69 Å². The van der Waals surface area contributed by atoms with Crippen LogP contribution in [0.1, 0.15) is 11.1 Å². The predicted octanol–water partition coefficient (Wildman–Crippen LogP) is 0.472. The Morgan fingerprint density at radius 1 is 1.33 bits per heavy atom. The maximum Gasteiger partial charge on any atom is 0.328 e. The smallest absolute Gasteiger partial charge is 0.328 e. The fourth-order valence-corrected chi connectivity index (χ4v) is 1.65. The minimum atomic E-state index is -0.585. The number of amides is 1. The Labute approximate surface area is 121 Å². The number of esters is 1. The SMILES string of the molecule is Cc1cccc(NC(=O)COC(=O)Cn2cnnn2)c1C. The van der Waals surface area contributed by atoms with Crippen molar-refractivity contribution in [3.05, 3.63) is 35.7 Å². The van der Waals surface area contributed by atoms with Gasteiger partial charge in [-0.3, -0.25) is 9.59 Å². The largest absolute Gasteiger partial charge is 0.454 e. The first-order valence-corrected chi connectivity index (χ1v) is 6.28. The van der Waals surface area contributed by atoms with E-state index in [0.717, 1.165) is 11.1 Å². The van der Waals surface area contributed by atoms with Crippen LogP contribution in [0.3, 0.4) is 0 Å². The van der Waals surface area contributed by atoms with Crippen molar-refractivity contribution in [2.45, 2.75) is 20.4 Å². The van der Waals surface area contributed by atoms with E-state index in [1.807, 2.05) is 26.0 Å². The summed E-state index contributed by atoms with van der Waals surface area (Å²) in [5.74, 6) is -0.979. The van der Waals surface area contributed by atoms with Gasteiger partial charge in [0.1, 0.15) is 12.9 Å². The number of anilines is 1. The molecule has 0 saturated heterocycles. The van der Waals surface area contributed by atoms with Gasteiger partial charge in [-0.1, -0.05) is 12.1 Å². The Hall–Kier alpha value is -2.77. The highest BCUT2D eigenvalue weighted by Gasteiger charge is 2.10.